The van der Waals surface area contributed by atoms with Gasteiger partial charge in [-0.2, -0.15) is 0 Å². The number of amides is 4. The number of piperidine rings is 1. The smallest absolute Gasteiger partial charge is 0.309 e. The fourth-order valence-corrected chi connectivity index (χ4v) is 9.82. The molecule has 3 rings (SSSR count). The number of rotatable bonds is 35. The van der Waals surface area contributed by atoms with Crippen molar-refractivity contribution in [1.82, 2.24) is 30.7 Å². The number of hydrogen-bond donors (Lipinski definition) is 5. The average Bonchev–Trinajstić information content (AvgIpc) is 3.91. The van der Waals surface area contributed by atoms with Gasteiger partial charge in [-0.25, -0.2) is 4.98 Å². The summed E-state index contributed by atoms with van der Waals surface area (Å²) < 4.78 is 33.0. The van der Waals surface area contributed by atoms with E-state index in [1.165, 1.54) is 36.4 Å². The molecular weight excluding hydrogens is 1060 g/mol. The lowest BCUT2D eigenvalue weighted by atomic mass is 9.92. The van der Waals surface area contributed by atoms with Crippen molar-refractivity contribution in [3.05, 3.63) is 45.9 Å². The van der Waals surface area contributed by atoms with E-state index in [1.807, 2.05) is 53.5 Å². The highest BCUT2D eigenvalue weighted by Crippen LogP contribution is 2.32. The zero-order valence-electron chi connectivity index (χ0n) is 49.0. The van der Waals surface area contributed by atoms with Crippen molar-refractivity contribution in [2.24, 2.45) is 23.7 Å². The number of ether oxygens (including phenoxy) is 6. The van der Waals surface area contributed by atoms with Crippen molar-refractivity contribution in [1.29, 1.82) is 0 Å². The first-order valence-electron chi connectivity index (χ1n) is 28.0. The van der Waals surface area contributed by atoms with E-state index >= 15 is 0 Å². The van der Waals surface area contributed by atoms with E-state index in [4.69, 9.17) is 33.5 Å². The zero-order chi connectivity index (χ0) is 59.6. The van der Waals surface area contributed by atoms with E-state index in [0.29, 0.717) is 12.8 Å². The number of likely N-dealkylation sites (tertiary alicyclic amines) is 1. The Labute approximate surface area is 476 Å². The normalized spacial score (nSPS) is 17.1. The predicted octanol–water partition coefficient (Wildman–Crippen LogP) is 5.76. The molecule has 1 aromatic heterocycles. The van der Waals surface area contributed by atoms with Crippen LogP contribution in [0.25, 0.3) is 0 Å². The molecule has 4 amide bonds. The molecule has 0 saturated carbocycles. The Morgan fingerprint density at radius 1 is 0.887 bits per heavy atom. The van der Waals surface area contributed by atoms with E-state index in [2.05, 4.69) is 20.9 Å². The third kappa shape index (κ3) is 24.1. The Bertz CT molecular complexity index is 2280. The summed E-state index contributed by atoms with van der Waals surface area (Å²) in [6.45, 7) is 17.4. The van der Waals surface area contributed by atoms with Crippen LogP contribution in [-0.2, 0) is 68.4 Å². The highest BCUT2D eigenvalue weighted by molar-refractivity contribution is 7.09. The van der Waals surface area contributed by atoms with Crippen LogP contribution in [0.15, 0.2) is 29.6 Å². The standard InChI is InChI=1S/C57H90N6O16S/c1-13-36(6)52(61-54(71)45-17-14-15-24-62(45)11)56(72)63(33-76-50(69)25-34(2)3)46(35(4)5)28-47(79-40(10)65)55-60-44(32-80-55)53(70)59-42(27-41-20-22-43(66)23-21-41)26-37(7)57(73)78-38(8)29-58-48(67)18-16-19-49(68)75-31-51(74-12)77-39(9)30-64/h20-23,32,34-39,42,45-47,51-52,64,66H,13-19,24-31,33H2,1-12H3,(H,58,67)(H,59,70)(H,61,71)/t36-,37-,38?,39?,42+,45+,46+,47+,51?,52-/m0/s1. The molecule has 2 heterocycles. The first kappa shape index (κ1) is 68.5. The number of methoxy groups -OCH3 is 1. The molecule has 3 unspecified atom stereocenters. The van der Waals surface area contributed by atoms with Crippen LogP contribution in [0.2, 0.25) is 0 Å². The maximum atomic E-state index is 15.0. The van der Waals surface area contributed by atoms with Crippen LogP contribution < -0.4 is 16.0 Å². The number of aromatic hydroxyl groups is 1. The molecule has 1 aromatic carbocycles. The minimum absolute atomic E-state index is 0.000996. The monoisotopic (exact) mass is 1150 g/mol. The van der Waals surface area contributed by atoms with Gasteiger partial charge in [0.05, 0.1) is 31.2 Å². The second kappa shape index (κ2) is 35.2. The summed E-state index contributed by atoms with van der Waals surface area (Å²) in [7, 11) is 3.27. The predicted molar refractivity (Wildman–Crippen MR) is 297 cm³/mol. The minimum Gasteiger partial charge on any atom is -0.508 e. The Balaban J connectivity index is 1.78. The molecule has 1 aliphatic heterocycles. The molecule has 450 valence electrons. The van der Waals surface area contributed by atoms with E-state index < -0.39 is 97.1 Å². The van der Waals surface area contributed by atoms with Crippen molar-refractivity contribution in [2.75, 3.05) is 47.2 Å². The number of aliphatic hydroxyl groups is 1. The van der Waals surface area contributed by atoms with Gasteiger partial charge in [-0.05, 0) is 95.0 Å². The fourth-order valence-electron chi connectivity index (χ4n) is 8.98. The van der Waals surface area contributed by atoms with E-state index in [9.17, 15) is 43.5 Å². The summed E-state index contributed by atoms with van der Waals surface area (Å²) >= 11 is 1.08. The van der Waals surface area contributed by atoms with E-state index in [-0.39, 0.29) is 111 Å². The lowest BCUT2D eigenvalue weighted by Crippen LogP contribution is -2.59. The number of nitrogens with one attached hydrogen (secondary N) is 3. The molecule has 1 fully saturated rings. The molecule has 1 saturated heterocycles. The lowest BCUT2D eigenvalue weighted by molar-refractivity contribution is -0.191. The second-order valence-electron chi connectivity index (χ2n) is 21.7. The van der Waals surface area contributed by atoms with E-state index in [1.54, 1.807) is 32.9 Å². The van der Waals surface area contributed by atoms with Crippen LogP contribution in [0.4, 0.5) is 0 Å². The van der Waals surface area contributed by atoms with Gasteiger partial charge >= 0.3 is 23.9 Å². The highest BCUT2D eigenvalue weighted by Gasteiger charge is 2.40. The number of carbonyl (C=O) groups is 8. The zero-order valence-corrected chi connectivity index (χ0v) is 49.8. The molecule has 10 atom stereocenters. The molecule has 0 bridgehead atoms. The average molecular weight is 1150 g/mol. The van der Waals surface area contributed by atoms with Crippen molar-refractivity contribution in [3.63, 3.8) is 0 Å². The number of phenolic OH excluding ortho intramolecular Hbond substituents is 1. The Hall–Kier alpha value is -5.75. The first-order valence-corrected chi connectivity index (χ1v) is 28.8. The van der Waals surface area contributed by atoms with Gasteiger partial charge in [0.25, 0.3) is 5.91 Å². The summed E-state index contributed by atoms with van der Waals surface area (Å²) in [5.74, 6) is -5.29. The maximum absolute atomic E-state index is 15.0. The van der Waals surface area contributed by atoms with Gasteiger partial charge in [-0.3, -0.25) is 43.3 Å². The number of thiazole rings is 1. The summed E-state index contributed by atoms with van der Waals surface area (Å²) in [6, 6.07) is 3.63. The third-order valence-electron chi connectivity index (χ3n) is 13.8. The van der Waals surface area contributed by atoms with Crippen LogP contribution >= 0.6 is 11.3 Å². The maximum Gasteiger partial charge on any atom is 0.309 e. The molecule has 23 heteroatoms. The number of likely N-dealkylation sites (N-methyl/N-ethyl adjacent to an activating group) is 1. The quantitative estimate of drug-likeness (QED) is 0.0312. The Kier molecular flexibility index (Phi) is 30.1. The summed E-state index contributed by atoms with van der Waals surface area (Å²) in [5.41, 5.74) is 0.745. The van der Waals surface area contributed by atoms with Crippen molar-refractivity contribution < 1.29 is 77.0 Å². The van der Waals surface area contributed by atoms with Gasteiger partial charge in [-0.1, -0.05) is 73.4 Å². The van der Waals surface area contributed by atoms with Gasteiger partial charge in [0.1, 0.15) is 35.2 Å². The van der Waals surface area contributed by atoms with E-state index in [0.717, 1.165) is 36.3 Å². The van der Waals surface area contributed by atoms with Gasteiger partial charge in [0.2, 0.25) is 17.7 Å². The number of aromatic nitrogens is 1. The summed E-state index contributed by atoms with van der Waals surface area (Å²) in [5, 5.41) is 29.7. The molecule has 5 N–H and O–H groups in total. The molecule has 0 radical (unpaired) electrons. The first-order chi connectivity index (χ1) is 37.8. The molecule has 1 aliphatic rings. The van der Waals surface area contributed by atoms with Crippen LogP contribution in [0.3, 0.4) is 0 Å². The molecule has 80 heavy (non-hydrogen) atoms. The Morgan fingerprint density at radius 2 is 1.59 bits per heavy atom. The number of nitrogens with zero attached hydrogens (tertiary/aromatic N) is 3. The summed E-state index contributed by atoms with van der Waals surface area (Å²) in [4.78, 5) is 115. The van der Waals surface area contributed by atoms with Gasteiger partial charge in [-0.15, -0.1) is 11.3 Å². The largest absolute Gasteiger partial charge is 0.508 e. The van der Waals surface area contributed by atoms with Crippen molar-refractivity contribution >= 4 is 58.8 Å². The molecule has 2 aromatic rings. The number of phenols is 1. The molecule has 0 aliphatic carbocycles. The van der Waals surface area contributed by atoms with Crippen LogP contribution in [-0.4, -0.2) is 162 Å². The van der Waals surface area contributed by atoms with Crippen molar-refractivity contribution in [3.8, 4) is 5.75 Å². The van der Waals surface area contributed by atoms with Crippen LogP contribution in [0.5, 0.6) is 5.75 Å². The van der Waals surface area contributed by atoms with Crippen LogP contribution in [0, 0.1) is 23.7 Å². The van der Waals surface area contributed by atoms with Crippen LogP contribution in [0.1, 0.15) is 161 Å². The number of aliphatic hydroxyl groups excluding tert-OH is 1. The number of esters is 4. The van der Waals surface area contributed by atoms with Crippen molar-refractivity contribution in [2.45, 2.75) is 189 Å². The molecule has 0 spiro atoms. The SMILES string of the molecule is CC[C@H](C)[C@H](NC(=O)[C@H]1CCCCN1C)C(=O)N(COC(=O)CC(C)C)[C@H](C[C@@H](OC(C)=O)c1nc(C(=O)N[C@@H](Cc2ccc(O)cc2)C[C@H](C)C(=O)OC(C)CNC(=O)CCCC(=O)OCC(OC)OC(C)CO)cs1)C(C)C. The Morgan fingerprint density at radius 3 is 2.20 bits per heavy atom. The lowest BCUT2D eigenvalue weighted by Gasteiger charge is -2.39. The van der Waals surface area contributed by atoms with Gasteiger partial charge < -0.3 is 59.5 Å². The highest BCUT2D eigenvalue weighted by atomic mass is 32.1. The number of benzene rings is 1. The third-order valence-corrected chi connectivity index (χ3v) is 14.7. The summed E-state index contributed by atoms with van der Waals surface area (Å²) in [6.07, 6.45) is 0.527. The topological polar surface area (TPSA) is 288 Å². The van der Waals surface area contributed by atoms with Gasteiger partial charge in [0, 0.05) is 57.2 Å². The number of hydrogen-bond acceptors (Lipinski definition) is 19. The van der Waals surface area contributed by atoms with Gasteiger partial charge in [0.15, 0.2) is 19.1 Å². The molecule has 22 nitrogen and oxygen atoms in total. The minimum atomic E-state index is -1.07. The number of carbonyl (C=O) groups excluding carboxylic acids is 8. The fraction of sp³-hybridized carbons (Fsp3) is 0.702. The molecular formula is C57H90N6O16S. The second-order valence-corrected chi connectivity index (χ2v) is 22.6.